The summed E-state index contributed by atoms with van der Waals surface area (Å²) in [4.78, 5) is 4.38. The number of pyridine rings is 1. The zero-order valence-corrected chi connectivity index (χ0v) is 14.7. The van der Waals surface area contributed by atoms with E-state index in [9.17, 15) is 19.7 Å². The summed E-state index contributed by atoms with van der Waals surface area (Å²) in [6.45, 7) is 1.77. The number of hydrogen-bond acceptors (Lipinski definition) is 6. The predicted octanol–water partition coefficient (Wildman–Crippen LogP) is 2.70. The number of phenolic OH excluding ortho intramolecular Hbond substituents is 3. The van der Waals surface area contributed by atoms with Gasteiger partial charge in [0.15, 0.2) is 17.3 Å². The van der Waals surface area contributed by atoms with E-state index in [4.69, 9.17) is 4.74 Å². The molecule has 1 aromatic heterocycles. The SMILES string of the molecule is Oc1cc(-c2cnc3c(c2)CC2(CNCCC4CCC42)O3)c(F)c(O)c1O. The molecule has 6 nitrogen and oxygen atoms in total. The molecule has 1 spiro atoms. The molecule has 0 radical (unpaired) electrons. The van der Waals surface area contributed by atoms with Gasteiger partial charge in [0.25, 0.3) is 0 Å². The molecule has 3 unspecified atom stereocenters. The van der Waals surface area contributed by atoms with Crippen molar-refractivity contribution in [1.29, 1.82) is 0 Å². The largest absolute Gasteiger partial charge is 0.504 e. The van der Waals surface area contributed by atoms with Gasteiger partial charge in [-0.25, -0.2) is 9.37 Å². The molecule has 3 heterocycles. The molecular formula is C20H21FN2O4. The number of fused-ring (bicyclic) bond motifs is 3. The van der Waals surface area contributed by atoms with E-state index in [-0.39, 0.29) is 11.2 Å². The fraction of sp³-hybridized carbons (Fsp3) is 0.450. The molecule has 3 aliphatic rings. The van der Waals surface area contributed by atoms with E-state index in [1.165, 1.54) is 19.0 Å². The van der Waals surface area contributed by atoms with Crippen LogP contribution >= 0.6 is 0 Å². The second-order valence-corrected chi connectivity index (χ2v) is 7.90. The summed E-state index contributed by atoms with van der Waals surface area (Å²) in [5.41, 5.74) is 1.00. The first-order valence-corrected chi connectivity index (χ1v) is 9.31. The normalized spacial score (nSPS) is 28.8. The van der Waals surface area contributed by atoms with Crippen molar-refractivity contribution in [3.8, 4) is 34.3 Å². The van der Waals surface area contributed by atoms with Crippen molar-refractivity contribution in [2.24, 2.45) is 11.8 Å². The highest BCUT2D eigenvalue weighted by Crippen LogP contribution is 2.51. The number of phenols is 3. The third kappa shape index (κ3) is 2.37. The van der Waals surface area contributed by atoms with Gasteiger partial charge < -0.3 is 25.4 Å². The van der Waals surface area contributed by atoms with Crippen LogP contribution < -0.4 is 10.1 Å². The number of benzene rings is 1. The molecule has 142 valence electrons. The fourth-order valence-corrected chi connectivity index (χ4v) is 4.88. The zero-order valence-electron chi connectivity index (χ0n) is 14.7. The minimum Gasteiger partial charge on any atom is -0.504 e. The van der Waals surface area contributed by atoms with Crippen LogP contribution in [-0.2, 0) is 6.42 Å². The number of aromatic hydroxyl groups is 3. The molecule has 1 aliphatic carbocycles. The van der Waals surface area contributed by atoms with Crippen LogP contribution in [0.25, 0.3) is 11.1 Å². The summed E-state index contributed by atoms with van der Waals surface area (Å²) in [6.07, 6.45) is 5.73. The van der Waals surface area contributed by atoms with Gasteiger partial charge in [-0.1, -0.05) is 0 Å². The number of halogens is 1. The Morgan fingerprint density at radius 1 is 1.15 bits per heavy atom. The summed E-state index contributed by atoms with van der Waals surface area (Å²) < 4.78 is 20.7. The molecule has 27 heavy (non-hydrogen) atoms. The van der Waals surface area contributed by atoms with E-state index < -0.39 is 23.1 Å². The minimum atomic E-state index is -0.990. The quantitative estimate of drug-likeness (QED) is 0.575. The number of nitrogens with one attached hydrogen (secondary N) is 1. The molecule has 2 fully saturated rings. The molecule has 0 amide bonds. The van der Waals surface area contributed by atoms with Crippen molar-refractivity contribution < 1.29 is 24.4 Å². The molecule has 2 aliphatic heterocycles. The van der Waals surface area contributed by atoms with Gasteiger partial charge in [0.2, 0.25) is 11.6 Å². The van der Waals surface area contributed by atoms with Gasteiger partial charge in [-0.2, -0.15) is 0 Å². The fourth-order valence-electron chi connectivity index (χ4n) is 4.88. The van der Waals surface area contributed by atoms with Crippen molar-refractivity contribution in [2.75, 3.05) is 13.1 Å². The Morgan fingerprint density at radius 2 is 2.00 bits per heavy atom. The summed E-state index contributed by atoms with van der Waals surface area (Å²) in [5, 5.41) is 32.4. The van der Waals surface area contributed by atoms with Crippen molar-refractivity contribution in [1.82, 2.24) is 10.3 Å². The molecule has 4 N–H and O–H groups in total. The monoisotopic (exact) mass is 372 g/mol. The highest BCUT2D eigenvalue weighted by Gasteiger charge is 2.53. The maximum atomic E-state index is 14.4. The van der Waals surface area contributed by atoms with Gasteiger partial charge in [-0.05, 0) is 43.9 Å². The molecule has 7 heteroatoms. The van der Waals surface area contributed by atoms with Crippen LogP contribution in [0.2, 0.25) is 0 Å². The van der Waals surface area contributed by atoms with E-state index in [1.807, 2.05) is 0 Å². The Kier molecular flexibility index (Phi) is 3.53. The lowest BCUT2D eigenvalue weighted by atomic mass is 9.63. The first-order chi connectivity index (χ1) is 13.0. The van der Waals surface area contributed by atoms with Gasteiger partial charge >= 0.3 is 0 Å². The summed E-state index contributed by atoms with van der Waals surface area (Å²) >= 11 is 0. The Morgan fingerprint density at radius 3 is 2.78 bits per heavy atom. The van der Waals surface area contributed by atoms with Crippen LogP contribution in [0.15, 0.2) is 18.3 Å². The van der Waals surface area contributed by atoms with Gasteiger partial charge in [-0.15, -0.1) is 0 Å². The topological polar surface area (TPSA) is 94.8 Å². The summed E-state index contributed by atoms with van der Waals surface area (Å²) in [5.74, 6) is -1.66. The number of aromatic nitrogens is 1. The maximum Gasteiger partial charge on any atom is 0.217 e. The Labute approximate surface area is 155 Å². The zero-order chi connectivity index (χ0) is 18.8. The van der Waals surface area contributed by atoms with E-state index >= 15 is 0 Å². The summed E-state index contributed by atoms with van der Waals surface area (Å²) in [7, 11) is 0. The van der Waals surface area contributed by atoms with Crippen LogP contribution in [0.1, 0.15) is 24.8 Å². The lowest BCUT2D eigenvalue weighted by Crippen LogP contribution is -2.54. The van der Waals surface area contributed by atoms with Gasteiger partial charge in [0.1, 0.15) is 5.60 Å². The summed E-state index contributed by atoms with van der Waals surface area (Å²) in [6, 6.07) is 2.89. The van der Waals surface area contributed by atoms with Crippen molar-refractivity contribution in [2.45, 2.75) is 31.3 Å². The minimum absolute atomic E-state index is 0.0143. The van der Waals surface area contributed by atoms with E-state index in [2.05, 4.69) is 10.3 Å². The molecule has 5 rings (SSSR count). The maximum absolute atomic E-state index is 14.4. The van der Waals surface area contributed by atoms with Crippen LogP contribution in [0.5, 0.6) is 23.1 Å². The van der Waals surface area contributed by atoms with E-state index in [1.54, 1.807) is 6.07 Å². The van der Waals surface area contributed by atoms with Crippen LogP contribution in [0.4, 0.5) is 4.39 Å². The molecule has 1 saturated heterocycles. The van der Waals surface area contributed by atoms with Gasteiger partial charge in [-0.3, -0.25) is 0 Å². The van der Waals surface area contributed by atoms with E-state index in [0.29, 0.717) is 29.7 Å². The second kappa shape index (κ2) is 5.73. The Balaban J connectivity index is 1.52. The van der Waals surface area contributed by atoms with Crippen molar-refractivity contribution in [3.63, 3.8) is 0 Å². The number of ether oxygens (including phenoxy) is 1. The highest BCUT2D eigenvalue weighted by atomic mass is 19.1. The lowest BCUT2D eigenvalue weighted by molar-refractivity contribution is -0.0387. The smallest absolute Gasteiger partial charge is 0.217 e. The molecule has 1 saturated carbocycles. The number of nitrogens with zero attached hydrogens (tertiary/aromatic N) is 1. The number of hydrogen-bond donors (Lipinski definition) is 4. The average molecular weight is 372 g/mol. The third-order valence-corrected chi connectivity index (χ3v) is 6.43. The third-order valence-electron chi connectivity index (χ3n) is 6.43. The van der Waals surface area contributed by atoms with Crippen LogP contribution in [-0.4, -0.2) is 39.0 Å². The number of rotatable bonds is 1. The second-order valence-electron chi connectivity index (χ2n) is 7.90. The van der Waals surface area contributed by atoms with Gasteiger partial charge in [0, 0.05) is 41.8 Å². The van der Waals surface area contributed by atoms with Crippen LogP contribution in [0.3, 0.4) is 0 Å². The molecule has 2 aromatic rings. The molecular weight excluding hydrogens is 351 g/mol. The van der Waals surface area contributed by atoms with Crippen molar-refractivity contribution >= 4 is 0 Å². The first-order valence-electron chi connectivity index (χ1n) is 9.31. The molecule has 0 bridgehead atoms. The molecule has 3 atom stereocenters. The standard InChI is InChI=1S/C20H21FN2O4/c21-16-13(6-15(24)17(25)18(16)26)12-5-11-7-20(27-19(11)23-8-12)9-22-4-3-10-1-2-14(10)20/h5-6,8,10,14,22,24-26H,1-4,7,9H2. The van der Waals surface area contributed by atoms with Crippen LogP contribution in [0, 0.1) is 17.7 Å². The highest BCUT2D eigenvalue weighted by molar-refractivity contribution is 5.71. The van der Waals surface area contributed by atoms with Gasteiger partial charge in [0.05, 0.1) is 0 Å². The molecule has 1 aromatic carbocycles. The average Bonchev–Trinajstić information content (AvgIpc) is 2.93. The van der Waals surface area contributed by atoms with E-state index in [0.717, 1.165) is 31.1 Å². The first kappa shape index (κ1) is 16.6. The Hall–Kier alpha value is -2.54. The predicted molar refractivity (Wildman–Crippen MR) is 95.4 cm³/mol. The van der Waals surface area contributed by atoms with Crippen molar-refractivity contribution in [3.05, 3.63) is 29.7 Å². The lowest BCUT2D eigenvalue weighted by Gasteiger charge is -2.45. The Bertz CT molecular complexity index is 935.